The minimum absolute atomic E-state index is 0.340. The van der Waals surface area contributed by atoms with Gasteiger partial charge in [0.1, 0.15) is 6.61 Å². The Morgan fingerprint density at radius 2 is 2.28 bits per heavy atom. The first-order chi connectivity index (χ1) is 12.2. The molecule has 0 amide bonds. The van der Waals surface area contributed by atoms with Gasteiger partial charge in [0.25, 0.3) is 0 Å². The van der Waals surface area contributed by atoms with Crippen molar-refractivity contribution in [3.8, 4) is 17.6 Å². The third-order valence-corrected chi connectivity index (χ3v) is 4.58. The highest BCUT2D eigenvalue weighted by atomic mass is 35.5. The molecule has 0 unspecified atom stereocenters. The Balaban J connectivity index is 1.72. The van der Waals surface area contributed by atoms with E-state index in [-0.39, 0.29) is 0 Å². The van der Waals surface area contributed by atoms with Crippen molar-refractivity contribution in [3.63, 3.8) is 0 Å². The van der Waals surface area contributed by atoms with Gasteiger partial charge >= 0.3 is 0 Å². The molecule has 0 saturated heterocycles. The number of hydrogen-bond acceptors (Lipinski definition) is 5. The van der Waals surface area contributed by atoms with Crippen LogP contribution in [0.1, 0.15) is 19.5 Å². The highest BCUT2D eigenvalue weighted by Gasteiger charge is 2.09. The lowest BCUT2D eigenvalue weighted by Gasteiger charge is -2.09. The maximum atomic E-state index is 6.01. The van der Waals surface area contributed by atoms with Crippen molar-refractivity contribution in [2.75, 3.05) is 11.3 Å². The van der Waals surface area contributed by atoms with Crippen molar-refractivity contribution in [3.05, 3.63) is 41.3 Å². The van der Waals surface area contributed by atoms with Crippen LogP contribution < -0.4 is 9.46 Å². The molecule has 0 spiro atoms. The maximum absolute atomic E-state index is 6.01. The van der Waals surface area contributed by atoms with Crippen LogP contribution in [0.25, 0.3) is 10.9 Å². The SMILES string of the molecule is CC#CCOc1cnc(NSc2c[nH]c3cc(Cl)ccc23)nc1CC. The summed E-state index contributed by atoms with van der Waals surface area (Å²) in [6.45, 7) is 4.15. The number of ether oxygens (including phenoxy) is 1. The number of H-pyrrole nitrogens is 1. The van der Waals surface area contributed by atoms with Crippen LogP contribution in [0.2, 0.25) is 5.02 Å². The Bertz CT molecular complexity index is 945. The largest absolute Gasteiger partial charge is 0.477 e. The molecule has 0 aliphatic rings. The molecule has 0 aliphatic heterocycles. The summed E-state index contributed by atoms with van der Waals surface area (Å²) in [6, 6.07) is 5.76. The van der Waals surface area contributed by atoms with E-state index in [9.17, 15) is 0 Å². The number of aryl methyl sites for hydroxylation is 1. The van der Waals surface area contributed by atoms with Crippen LogP contribution in [-0.4, -0.2) is 21.6 Å². The Kier molecular flexibility index (Phi) is 5.69. The molecule has 25 heavy (non-hydrogen) atoms. The maximum Gasteiger partial charge on any atom is 0.233 e. The normalized spacial score (nSPS) is 10.4. The van der Waals surface area contributed by atoms with Crippen LogP contribution in [0.3, 0.4) is 0 Å². The van der Waals surface area contributed by atoms with Gasteiger partial charge in [-0.25, -0.2) is 9.97 Å². The molecule has 128 valence electrons. The quantitative estimate of drug-likeness (QED) is 0.485. The predicted molar refractivity (Wildman–Crippen MR) is 103 cm³/mol. The average Bonchev–Trinajstić information content (AvgIpc) is 3.02. The highest BCUT2D eigenvalue weighted by Crippen LogP contribution is 2.30. The first-order valence-corrected chi connectivity index (χ1v) is 8.98. The second-order valence-electron chi connectivity index (χ2n) is 5.12. The van der Waals surface area contributed by atoms with Gasteiger partial charge < -0.3 is 9.72 Å². The number of hydrogen-bond donors (Lipinski definition) is 2. The standard InChI is InChI=1S/C18H17ClN4OS/c1-3-5-8-24-16-10-21-18(22-14(16)4-2)23-25-17-11-20-15-9-12(19)6-7-13(15)17/h6-7,9-11,20H,4,8H2,1-2H3,(H,21,22,23). The minimum atomic E-state index is 0.340. The smallest absolute Gasteiger partial charge is 0.233 e. The number of fused-ring (bicyclic) bond motifs is 1. The summed E-state index contributed by atoms with van der Waals surface area (Å²) >= 11 is 7.46. The summed E-state index contributed by atoms with van der Waals surface area (Å²) in [5.41, 5.74) is 1.84. The van der Waals surface area contributed by atoms with Crippen LogP contribution in [-0.2, 0) is 6.42 Å². The van der Waals surface area contributed by atoms with Crippen LogP contribution in [0.15, 0.2) is 35.5 Å². The zero-order chi connectivity index (χ0) is 17.6. The van der Waals surface area contributed by atoms with Crippen molar-refractivity contribution in [1.82, 2.24) is 15.0 Å². The highest BCUT2D eigenvalue weighted by molar-refractivity contribution is 8.00. The Labute approximate surface area is 155 Å². The molecule has 2 heterocycles. The van der Waals surface area contributed by atoms with Gasteiger partial charge in [-0.3, -0.25) is 4.72 Å². The molecule has 7 heteroatoms. The number of aromatic nitrogens is 3. The molecule has 5 nitrogen and oxygen atoms in total. The monoisotopic (exact) mass is 372 g/mol. The molecule has 0 fully saturated rings. The molecule has 0 bridgehead atoms. The van der Waals surface area contributed by atoms with Gasteiger partial charge in [0.05, 0.1) is 16.8 Å². The number of nitrogens with zero attached hydrogens (tertiary/aromatic N) is 2. The van der Waals surface area contributed by atoms with Gasteiger partial charge in [0.15, 0.2) is 5.75 Å². The van der Waals surface area contributed by atoms with Gasteiger partial charge in [0, 0.05) is 22.1 Å². The molecular formula is C18H17ClN4OS. The zero-order valence-corrected chi connectivity index (χ0v) is 15.5. The number of benzene rings is 1. The van der Waals surface area contributed by atoms with Crippen LogP contribution in [0.5, 0.6) is 5.75 Å². The molecule has 0 saturated carbocycles. The Morgan fingerprint density at radius 3 is 3.08 bits per heavy atom. The van der Waals surface area contributed by atoms with Gasteiger partial charge in [-0.15, -0.1) is 5.92 Å². The fourth-order valence-electron chi connectivity index (χ4n) is 2.27. The summed E-state index contributed by atoms with van der Waals surface area (Å²) in [5, 5.41) is 1.80. The van der Waals surface area contributed by atoms with Crippen LogP contribution in [0.4, 0.5) is 5.95 Å². The van der Waals surface area contributed by atoms with E-state index in [1.165, 1.54) is 11.9 Å². The number of halogens is 1. The lowest BCUT2D eigenvalue weighted by atomic mass is 10.2. The lowest BCUT2D eigenvalue weighted by molar-refractivity contribution is 0.362. The summed E-state index contributed by atoms with van der Waals surface area (Å²) in [5.74, 6) is 6.87. The number of anilines is 1. The Hall–Kier alpha value is -2.36. The Morgan fingerprint density at radius 1 is 1.40 bits per heavy atom. The summed E-state index contributed by atoms with van der Waals surface area (Å²) in [4.78, 5) is 13.1. The van der Waals surface area contributed by atoms with E-state index < -0.39 is 0 Å². The predicted octanol–water partition coefficient (Wildman–Crippen LogP) is 4.70. The van der Waals surface area contributed by atoms with E-state index in [0.29, 0.717) is 23.3 Å². The molecule has 2 N–H and O–H groups in total. The molecule has 1 aromatic carbocycles. The van der Waals surface area contributed by atoms with E-state index in [4.69, 9.17) is 16.3 Å². The third kappa shape index (κ3) is 4.19. The van der Waals surface area contributed by atoms with Crippen LogP contribution in [0, 0.1) is 11.8 Å². The second-order valence-corrected chi connectivity index (χ2v) is 6.41. The molecule has 3 rings (SSSR count). The van der Waals surface area contributed by atoms with Gasteiger partial charge in [0.2, 0.25) is 5.95 Å². The van der Waals surface area contributed by atoms with E-state index in [1.54, 1.807) is 13.1 Å². The first-order valence-electron chi connectivity index (χ1n) is 7.79. The molecular weight excluding hydrogens is 356 g/mol. The second kappa shape index (κ2) is 8.15. The van der Waals surface area contributed by atoms with E-state index in [0.717, 1.165) is 27.9 Å². The molecule has 3 aromatic rings. The van der Waals surface area contributed by atoms with Gasteiger partial charge in [-0.1, -0.05) is 30.5 Å². The van der Waals surface area contributed by atoms with Crippen LogP contribution >= 0.6 is 23.5 Å². The lowest BCUT2D eigenvalue weighted by Crippen LogP contribution is -2.03. The van der Waals surface area contributed by atoms with Gasteiger partial charge in [-0.2, -0.15) is 0 Å². The third-order valence-electron chi connectivity index (χ3n) is 3.50. The summed E-state index contributed by atoms with van der Waals surface area (Å²) in [7, 11) is 0. The first kappa shape index (κ1) is 17.5. The molecule has 2 aromatic heterocycles. The van der Waals surface area contributed by atoms with Crippen molar-refractivity contribution < 1.29 is 4.74 Å². The summed E-state index contributed by atoms with van der Waals surface area (Å²) < 4.78 is 8.77. The van der Waals surface area contributed by atoms with E-state index in [1.807, 2.05) is 31.3 Å². The fourth-order valence-corrected chi connectivity index (χ4v) is 3.15. The fraction of sp³-hybridized carbons (Fsp3) is 0.222. The van der Waals surface area contributed by atoms with Crippen molar-refractivity contribution in [2.45, 2.75) is 25.2 Å². The molecule has 0 aliphatic carbocycles. The van der Waals surface area contributed by atoms with Crippen molar-refractivity contribution in [1.29, 1.82) is 0 Å². The zero-order valence-electron chi connectivity index (χ0n) is 13.9. The molecule has 0 atom stereocenters. The number of aromatic amines is 1. The number of rotatable bonds is 6. The minimum Gasteiger partial charge on any atom is -0.477 e. The van der Waals surface area contributed by atoms with Crippen molar-refractivity contribution >= 4 is 40.4 Å². The van der Waals surface area contributed by atoms with Gasteiger partial charge in [-0.05, 0) is 37.4 Å². The average molecular weight is 373 g/mol. The van der Waals surface area contributed by atoms with E-state index >= 15 is 0 Å². The number of nitrogens with one attached hydrogen (secondary N) is 2. The summed E-state index contributed by atoms with van der Waals surface area (Å²) in [6.07, 6.45) is 4.36. The molecule has 0 radical (unpaired) electrons. The van der Waals surface area contributed by atoms with Crippen molar-refractivity contribution in [2.24, 2.45) is 0 Å². The topological polar surface area (TPSA) is 62.8 Å². The van der Waals surface area contributed by atoms with E-state index in [2.05, 4.69) is 31.5 Å².